The van der Waals surface area contributed by atoms with Crippen LogP contribution in [-0.2, 0) is 17.6 Å². The fraction of sp³-hybridized carbons (Fsp3) is 0.733. The van der Waals surface area contributed by atoms with E-state index >= 15 is 0 Å². The molecule has 1 heterocycles. The predicted molar refractivity (Wildman–Crippen MR) is 79.5 cm³/mol. The average molecular weight is 289 g/mol. The molecule has 0 spiro atoms. The summed E-state index contributed by atoms with van der Waals surface area (Å²) < 4.78 is 0. The summed E-state index contributed by atoms with van der Waals surface area (Å²) in [6.07, 6.45) is 4.96. The van der Waals surface area contributed by atoms with Crippen LogP contribution in [0.3, 0.4) is 0 Å². The zero-order chi connectivity index (χ0) is 15.0. The molecule has 3 N–H and O–H groups in total. The van der Waals surface area contributed by atoms with Gasteiger partial charge in [-0.2, -0.15) is 0 Å². The van der Waals surface area contributed by atoms with Gasteiger partial charge >= 0.3 is 0 Å². The summed E-state index contributed by atoms with van der Waals surface area (Å²) in [6, 6.07) is -0.0164. The van der Waals surface area contributed by atoms with Crippen molar-refractivity contribution in [1.82, 2.24) is 15.2 Å². The number of aryl methyl sites for hydroxylation is 2. The first kappa shape index (κ1) is 14.4. The number of carbonyl (C=O) groups is 1. The maximum Gasteiger partial charge on any atom is 0.249 e. The lowest BCUT2D eigenvalue weighted by Gasteiger charge is -2.26. The van der Waals surface area contributed by atoms with Gasteiger partial charge in [0.2, 0.25) is 11.9 Å². The van der Waals surface area contributed by atoms with Gasteiger partial charge in [0.15, 0.2) is 0 Å². The minimum Gasteiger partial charge on any atom is -0.327 e. The number of amides is 1. The molecule has 2 bridgehead atoms. The average Bonchev–Trinajstić information content (AvgIpc) is 3.07. The molecule has 2 aliphatic rings. The van der Waals surface area contributed by atoms with Gasteiger partial charge < -0.3 is 5.73 Å². The smallest absolute Gasteiger partial charge is 0.249 e. The molecule has 0 saturated heterocycles. The number of carbonyl (C=O) groups excluding carboxylic acids is 1. The molecule has 2 aliphatic carbocycles. The summed E-state index contributed by atoms with van der Waals surface area (Å²) >= 11 is 0. The van der Waals surface area contributed by atoms with Crippen LogP contribution in [0, 0.1) is 17.8 Å². The molecule has 0 radical (unpaired) electrons. The molecule has 0 aromatic carbocycles. The molecule has 21 heavy (non-hydrogen) atoms. The van der Waals surface area contributed by atoms with Gasteiger partial charge in [-0.1, -0.05) is 13.8 Å². The maximum atomic E-state index is 12.5. The number of nitrogens with two attached hydrogens (primary N) is 1. The van der Waals surface area contributed by atoms with Crippen LogP contribution >= 0.6 is 0 Å². The Bertz CT molecular complexity index is 545. The van der Waals surface area contributed by atoms with Crippen LogP contribution in [0.1, 0.15) is 44.5 Å². The van der Waals surface area contributed by atoms with Crippen LogP contribution in [0.5, 0.6) is 0 Å². The SMILES string of the molecule is CCc1nnc(NC(=O)C2C3CCC(C3)C2N)nc1CC. The monoisotopic (exact) mass is 289 g/mol. The zero-order valence-electron chi connectivity index (χ0n) is 12.7. The summed E-state index contributed by atoms with van der Waals surface area (Å²) in [4.78, 5) is 16.9. The topological polar surface area (TPSA) is 93.8 Å². The Hall–Kier alpha value is -1.56. The number of hydrogen-bond donors (Lipinski definition) is 2. The minimum absolute atomic E-state index is 0.0164. The largest absolute Gasteiger partial charge is 0.327 e. The summed E-state index contributed by atoms with van der Waals surface area (Å²) in [6.45, 7) is 4.05. The van der Waals surface area contributed by atoms with Gasteiger partial charge in [-0.05, 0) is 43.9 Å². The van der Waals surface area contributed by atoms with Crippen molar-refractivity contribution >= 4 is 11.9 Å². The van der Waals surface area contributed by atoms with E-state index in [1.165, 1.54) is 6.42 Å². The van der Waals surface area contributed by atoms with Crippen LogP contribution in [0.2, 0.25) is 0 Å². The van der Waals surface area contributed by atoms with Crippen molar-refractivity contribution in [2.24, 2.45) is 23.5 Å². The lowest BCUT2D eigenvalue weighted by Crippen LogP contribution is -2.42. The molecule has 4 unspecified atom stereocenters. The Morgan fingerprint density at radius 3 is 2.52 bits per heavy atom. The van der Waals surface area contributed by atoms with E-state index in [2.05, 4.69) is 20.5 Å². The van der Waals surface area contributed by atoms with E-state index in [0.29, 0.717) is 17.8 Å². The quantitative estimate of drug-likeness (QED) is 0.871. The molecule has 4 atom stereocenters. The van der Waals surface area contributed by atoms with Crippen LogP contribution < -0.4 is 11.1 Å². The van der Waals surface area contributed by atoms with Crippen LogP contribution in [-0.4, -0.2) is 27.1 Å². The third-order valence-electron chi connectivity index (χ3n) is 5.03. The number of nitrogens with zero attached hydrogens (tertiary/aromatic N) is 3. The first-order valence-electron chi connectivity index (χ1n) is 7.92. The summed E-state index contributed by atoms with van der Waals surface area (Å²) in [5.41, 5.74) is 8.00. The second kappa shape index (κ2) is 5.67. The molecule has 114 valence electrons. The van der Waals surface area contributed by atoms with Gasteiger partial charge in [-0.25, -0.2) is 4.98 Å². The van der Waals surface area contributed by atoms with Crippen molar-refractivity contribution in [2.45, 2.75) is 52.0 Å². The van der Waals surface area contributed by atoms with Crippen molar-refractivity contribution < 1.29 is 4.79 Å². The first-order valence-corrected chi connectivity index (χ1v) is 7.92. The Labute approximate surface area is 124 Å². The van der Waals surface area contributed by atoms with E-state index < -0.39 is 0 Å². The second-order valence-electron chi connectivity index (χ2n) is 6.16. The summed E-state index contributed by atoms with van der Waals surface area (Å²) in [5.74, 6) is 1.12. The molecule has 6 heteroatoms. The normalized spacial score (nSPS) is 30.6. The molecule has 2 saturated carbocycles. The highest BCUT2D eigenvalue weighted by atomic mass is 16.2. The lowest BCUT2D eigenvalue weighted by atomic mass is 9.84. The molecule has 1 aromatic rings. The highest BCUT2D eigenvalue weighted by molar-refractivity contribution is 5.92. The van der Waals surface area contributed by atoms with Crippen molar-refractivity contribution in [3.05, 3.63) is 11.4 Å². The van der Waals surface area contributed by atoms with Crippen LogP contribution in [0.15, 0.2) is 0 Å². The third kappa shape index (κ3) is 2.52. The Balaban J connectivity index is 1.73. The molecule has 6 nitrogen and oxygen atoms in total. The highest BCUT2D eigenvalue weighted by Gasteiger charge is 2.49. The number of anilines is 1. The Morgan fingerprint density at radius 1 is 1.19 bits per heavy atom. The number of hydrogen-bond acceptors (Lipinski definition) is 5. The van der Waals surface area contributed by atoms with Crippen molar-refractivity contribution in [2.75, 3.05) is 5.32 Å². The predicted octanol–water partition coefficient (Wildman–Crippen LogP) is 1.31. The fourth-order valence-electron chi connectivity index (χ4n) is 3.91. The Morgan fingerprint density at radius 2 is 1.90 bits per heavy atom. The molecular weight excluding hydrogens is 266 g/mol. The first-order chi connectivity index (χ1) is 10.1. The second-order valence-corrected chi connectivity index (χ2v) is 6.16. The molecule has 1 aromatic heterocycles. The van der Waals surface area contributed by atoms with Crippen LogP contribution in [0.25, 0.3) is 0 Å². The minimum atomic E-state index is -0.0942. The van der Waals surface area contributed by atoms with E-state index in [0.717, 1.165) is 37.1 Å². The van der Waals surface area contributed by atoms with Gasteiger partial charge in [-0.15, -0.1) is 10.2 Å². The van der Waals surface area contributed by atoms with Gasteiger partial charge in [0.05, 0.1) is 17.3 Å². The molecule has 1 amide bonds. The Kier molecular flexibility index (Phi) is 3.89. The fourth-order valence-corrected chi connectivity index (χ4v) is 3.91. The number of fused-ring (bicyclic) bond motifs is 2. The number of rotatable bonds is 4. The third-order valence-corrected chi connectivity index (χ3v) is 5.03. The van der Waals surface area contributed by atoms with Crippen molar-refractivity contribution in [1.29, 1.82) is 0 Å². The van der Waals surface area contributed by atoms with E-state index in [1.54, 1.807) is 0 Å². The van der Waals surface area contributed by atoms with Gasteiger partial charge in [-0.3, -0.25) is 10.1 Å². The molecular formula is C15H23N5O. The van der Waals surface area contributed by atoms with E-state index in [9.17, 15) is 4.79 Å². The summed E-state index contributed by atoms with van der Waals surface area (Å²) in [7, 11) is 0. The summed E-state index contributed by atoms with van der Waals surface area (Å²) in [5, 5.41) is 11.0. The van der Waals surface area contributed by atoms with Gasteiger partial charge in [0.25, 0.3) is 0 Å². The number of aromatic nitrogens is 3. The lowest BCUT2D eigenvalue weighted by molar-refractivity contribution is -0.121. The standard InChI is InChI=1S/C15H23N5O/c1-3-10-11(4-2)19-20-15(17-10)18-14(21)12-8-5-6-9(7-8)13(12)16/h8-9,12-13H,3-7,16H2,1-2H3,(H,17,18,20,21). The highest BCUT2D eigenvalue weighted by Crippen LogP contribution is 2.47. The van der Waals surface area contributed by atoms with Gasteiger partial charge in [0, 0.05) is 6.04 Å². The van der Waals surface area contributed by atoms with Crippen molar-refractivity contribution in [3.63, 3.8) is 0 Å². The molecule has 2 fully saturated rings. The van der Waals surface area contributed by atoms with Crippen LogP contribution in [0.4, 0.5) is 5.95 Å². The van der Waals surface area contributed by atoms with Gasteiger partial charge in [0.1, 0.15) is 0 Å². The molecule has 0 aliphatic heterocycles. The van der Waals surface area contributed by atoms with E-state index in [4.69, 9.17) is 5.73 Å². The maximum absolute atomic E-state index is 12.5. The number of nitrogens with one attached hydrogen (secondary N) is 1. The molecule has 3 rings (SSSR count). The van der Waals surface area contributed by atoms with Crippen molar-refractivity contribution in [3.8, 4) is 0 Å². The zero-order valence-corrected chi connectivity index (χ0v) is 12.7. The van der Waals surface area contributed by atoms with E-state index in [-0.39, 0.29) is 17.9 Å². The van der Waals surface area contributed by atoms with E-state index in [1.807, 2.05) is 13.8 Å².